The van der Waals surface area contributed by atoms with Crippen LogP contribution in [0.1, 0.15) is 38.3 Å². The highest BCUT2D eigenvalue weighted by Crippen LogP contribution is 2.22. The summed E-state index contributed by atoms with van der Waals surface area (Å²) in [7, 11) is 0. The van der Waals surface area contributed by atoms with Crippen LogP contribution >= 0.6 is 0 Å². The molecule has 0 aliphatic carbocycles. The van der Waals surface area contributed by atoms with Crippen LogP contribution in [0.4, 0.5) is 5.69 Å². The van der Waals surface area contributed by atoms with E-state index in [9.17, 15) is 5.26 Å². The van der Waals surface area contributed by atoms with Gasteiger partial charge < -0.3 is 10.6 Å². The standard InChI is InChI=1S/C15H23N3/c1-4-12(3)11-18(5-2)15-7-6-13(9-16)8-14(15)10-17/h6-8,12H,4-5,9,11,16H2,1-3H3. The fourth-order valence-corrected chi connectivity index (χ4v) is 1.98. The van der Waals surface area contributed by atoms with Gasteiger partial charge in [-0.15, -0.1) is 0 Å². The third-order valence-corrected chi connectivity index (χ3v) is 3.37. The van der Waals surface area contributed by atoms with Gasteiger partial charge in [0.15, 0.2) is 0 Å². The van der Waals surface area contributed by atoms with Crippen molar-refractivity contribution in [2.75, 3.05) is 18.0 Å². The minimum absolute atomic E-state index is 0.479. The van der Waals surface area contributed by atoms with E-state index < -0.39 is 0 Å². The summed E-state index contributed by atoms with van der Waals surface area (Å²) in [5.41, 5.74) is 8.37. The van der Waals surface area contributed by atoms with Crippen LogP contribution in [0.25, 0.3) is 0 Å². The Morgan fingerprint density at radius 2 is 2.11 bits per heavy atom. The second-order valence-corrected chi connectivity index (χ2v) is 4.72. The summed E-state index contributed by atoms with van der Waals surface area (Å²) in [5.74, 6) is 0.630. The van der Waals surface area contributed by atoms with Crippen LogP contribution in [0.2, 0.25) is 0 Å². The van der Waals surface area contributed by atoms with Gasteiger partial charge in [-0.05, 0) is 30.5 Å². The molecule has 1 aromatic carbocycles. The molecule has 0 heterocycles. The maximum absolute atomic E-state index is 9.26. The van der Waals surface area contributed by atoms with Gasteiger partial charge in [-0.25, -0.2) is 0 Å². The van der Waals surface area contributed by atoms with Crippen molar-refractivity contribution in [1.29, 1.82) is 5.26 Å². The molecule has 1 rings (SSSR count). The summed E-state index contributed by atoms with van der Waals surface area (Å²) in [6.45, 7) is 8.95. The summed E-state index contributed by atoms with van der Waals surface area (Å²) in [4.78, 5) is 2.27. The van der Waals surface area contributed by atoms with E-state index in [-0.39, 0.29) is 0 Å². The van der Waals surface area contributed by atoms with Crippen LogP contribution in [0.15, 0.2) is 18.2 Å². The Bertz CT molecular complexity index is 420. The Morgan fingerprint density at radius 1 is 1.39 bits per heavy atom. The number of rotatable bonds is 6. The van der Waals surface area contributed by atoms with Crippen LogP contribution in [0.5, 0.6) is 0 Å². The highest BCUT2D eigenvalue weighted by atomic mass is 15.1. The Morgan fingerprint density at radius 3 is 2.61 bits per heavy atom. The summed E-state index contributed by atoms with van der Waals surface area (Å²) in [5, 5.41) is 9.26. The van der Waals surface area contributed by atoms with E-state index in [0.717, 1.165) is 36.3 Å². The van der Waals surface area contributed by atoms with Gasteiger partial charge in [-0.1, -0.05) is 26.3 Å². The first-order chi connectivity index (χ1) is 8.65. The highest BCUT2D eigenvalue weighted by Gasteiger charge is 2.12. The molecule has 3 heteroatoms. The molecule has 18 heavy (non-hydrogen) atoms. The third kappa shape index (κ3) is 3.48. The number of nitrogens with zero attached hydrogens (tertiary/aromatic N) is 2. The lowest BCUT2D eigenvalue weighted by Gasteiger charge is -2.27. The van der Waals surface area contributed by atoms with E-state index in [4.69, 9.17) is 5.73 Å². The van der Waals surface area contributed by atoms with E-state index in [0.29, 0.717) is 12.5 Å². The molecule has 0 radical (unpaired) electrons. The second-order valence-electron chi connectivity index (χ2n) is 4.72. The second kappa shape index (κ2) is 7.03. The highest BCUT2D eigenvalue weighted by molar-refractivity contribution is 5.60. The van der Waals surface area contributed by atoms with Crippen molar-refractivity contribution in [2.24, 2.45) is 11.7 Å². The van der Waals surface area contributed by atoms with Crippen LogP contribution in [0, 0.1) is 17.2 Å². The lowest BCUT2D eigenvalue weighted by Crippen LogP contribution is -2.28. The zero-order valence-corrected chi connectivity index (χ0v) is 11.6. The number of nitriles is 1. The Hall–Kier alpha value is -1.53. The van der Waals surface area contributed by atoms with Crippen LogP contribution < -0.4 is 10.6 Å². The van der Waals surface area contributed by atoms with Crippen LogP contribution in [0.3, 0.4) is 0 Å². The first-order valence-electron chi connectivity index (χ1n) is 6.64. The van der Waals surface area contributed by atoms with E-state index in [1.807, 2.05) is 18.2 Å². The minimum Gasteiger partial charge on any atom is -0.370 e. The molecular formula is C15H23N3. The van der Waals surface area contributed by atoms with Crippen LogP contribution in [-0.2, 0) is 6.54 Å². The zero-order valence-electron chi connectivity index (χ0n) is 11.6. The molecule has 0 bridgehead atoms. The molecule has 0 spiro atoms. The number of hydrogen-bond donors (Lipinski definition) is 1. The Balaban J connectivity index is 3.02. The predicted octanol–water partition coefficient (Wildman–Crippen LogP) is 2.89. The molecule has 1 aromatic rings. The maximum Gasteiger partial charge on any atom is 0.101 e. The molecular weight excluding hydrogens is 222 g/mol. The molecule has 1 atom stereocenters. The van der Waals surface area contributed by atoms with Crippen molar-refractivity contribution in [3.05, 3.63) is 29.3 Å². The molecule has 1 unspecified atom stereocenters. The van der Waals surface area contributed by atoms with E-state index in [1.165, 1.54) is 0 Å². The fraction of sp³-hybridized carbons (Fsp3) is 0.533. The molecule has 0 aromatic heterocycles. The monoisotopic (exact) mass is 245 g/mol. The lowest BCUT2D eigenvalue weighted by molar-refractivity contribution is 0.548. The van der Waals surface area contributed by atoms with E-state index in [1.54, 1.807) is 0 Å². The zero-order chi connectivity index (χ0) is 13.5. The average Bonchev–Trinajstić information content (AvgIpc) is 2.43. The summed E-state index contributed by atoms with van der Waals surface area (Å²) < 4.78 is 0. The normalized spacial score (nSPS) is 11.9. The van der Waals surface area contributed by atoms with Crippen molar-refractivity contribution in [3.63, 3.8) is 0 Å². The van der Waals surface area contributed by atoms with Gasteiger partial charge in [0.05, 0.1) is 11.3 Å². The predicted molar refractivity (Wildman–Crippen MR) is 76.4 cm³/mol. The quantitative estimate of drug-likeness (QED) is 0.838. The van der Waals surface area contributed by atoms with E-state index >= 15 is 0 Å². The topological polar surface area (TPSA) is 53.0 Å². The maximum atomic E-state index is 9.26. The molecule has 0 aliphatic heterocycles. The fourth-order valence-electron chi connectivity index (χ4n) is 1.98. The Labute approximate surface area is 110 Å². The van der Waals surface area contributed by atoms with Crippen LogP contribution in [-0.4, -0.2) is 13.1 Å². The largest absolute Gasteiger partial charge is 0.370 e. The Kier molecular flexibility index (Phi) is 5.67. The van der Waals surface area contributed by atoms with Crippen molar-refractivity contribution in [3.8, 4) is 6.07 Å². The third-order valence-electron chi connectivity index (χ3n) is 3.37. The summed E-state index contributed by atoms with van der Waals surface area (Å²) in [6.07, 6.45) is 1.15. The summed E-state index contributed by atoms with van der Waals surface area (Å²) >= 11 is 0. The summed E-state index contributed by atoms with van der Waals surface area (Å²) in [6, 6.07) is 8.21. The van der Waals surface area contributed by atoms with Gasteiger partial charge >= 0.3 is 0 Å². The number of benzene rings is 1. The van der Waals surface area contributed by atoms with Gasteiger partial charge in [-0.2, -0.15) is 5.26 Å². The van der Waals surface area contributed by atoms with E-state index in [2.05, 4.69) is 31.7 Å². The molecule has 0 saturated carbocycles. The smallest absolute Gasteiger partial charge is 0.101 e. The molecule has 98 valence electrons. The van der Waals surface area contributed by atoms with Crippen molar-refractivity contribution in [2.45, 2.75) is 33.7 Å². The molecule has 0 saturated heterocycles. The van der Waals surface area contributed by atoms with Gasteiger partial charge in [0.1, 0.15) is 6.07 Å². The average molecular weight is 245 g/mol. The van der Waals surface area contributed by atoms with Crippen molar-refractivity contribution in [1.82, 2.24) is 0 Å². The lowest BCUT2D eigenvalue weighted by atomic mass is 10.1. The number of nitrogens with two attached hydrogens (primary N) is 1. The van der Waals surface area contributed by atoms with Crippen molar-refractivity contribution < 1.29 is 0 Å². The molecule has 3 nitrogen and oxygen atoms in total. The molecule has 0 fully saturated rings. The molecule has 0 aliphatic rings. The number of anilines is 1. The van der Waals surface area contributed by atoms with Crippen molar-refractivity contribution >= 4 is 5.69 Å². The first-order valence-corrected chi connectivity index (χ1v) is 6.64. The van der Waals surface area contributed by atoms with Gasteiger partial charge in [0.25, 0.3) is 0 Å². The van der Waals surface area contributed by atoms with Gasteiger partial charge in [-0.3, -0.25) is 0 Å². The SMILES string of the molecule is CCC(C)CN(CC)c1ccc(CN)cc1C#N. The first kappa shape index (κ1) is 14.5. The molecule has 0 amide bonds. The van der Waals surface area contributed by atoms with Gasteiger partial charge in [0, 0.05) is 19.6 Å². The number of hydrogen-bond acceptors (Lipinski definition) is 3. The molecule has 2 N–H and O–H groups in total. The minimum atomic E-state index is 0.479. The van der Waals surface area contributed by atoms with Gasteiger partial charge in [0.2, 0.25) is 0 Å².